The Balaban J connectivity index is 2.47. The van der Waals surface area contributed by atoms with E-state index in [1.807, 2.05) is 0 Å². The zero-order valence-corrected chi connectivity index (χ0v) is 12.9. The Bertz CT molecular complexity index is 453. The summed E-state index contributed by atoms with van der Waals surface area (Å²) in [5.74, 6) is 0.464. The van der Waals surface area contributed by atoms with E-state index in [1.54, 1.807) is 33.4 Å². The summed E-state index contributed by atoms with van der Waals surface area (Å²) in [7, 11) is 4.95. The van der Waals surface area contributed by atoms with Gasteiger partial charge in [0.2, 0.25) is 0 Å². The van der Waals surface area contributed by atoms with Crippen molar-refractivity contribution in [2.45, 2.75) is 19.6 Å². The van der Waals surface area contributed by atoms with Crippen molar-refractivity contribution < 1.29 is 13.9 Å². The van der Waals surface area contributed by atoms with Crippen LogP contribution in [0.3, 0.4) is 0 Å². The molecule has 0 bridgehead atoms. The highest BCUT2D eigenvalue weighted by Gasteiger charge is 2.04. The van der Waals surface area contributed by atoms with E-state index in [0.717, 1.165) is 18.5 Å². The van der Waals surface area contributed by atoms with Crippen molar-refractivity contribution in [2.24, 2.45) is 4.99 Å². The third-order valence-electron chi connectivity index (χ3n) is 2.91. The van der Waals surface area contributed by atoms with Crippen LogP contribution in [0.15, 0.2) is 23.2 Å². The van der Waals surface area contributed by atoms with Crippen LogP contribution >= 0.6 is 0 Å². The molecule has 0 heterocycles. The molecule has 0 amide bonds. The molecule has 0 fully saturated rings. The van der Waals surface area contributed by atoms with E-state index in [9.17, 15) is 4.39 Å². The van der Waals surface area contributed by atoms with Gasteiger partial charge in [-0.25, -0.2) is 4.39 Å². The number of nitrogens with zero attached hydrogens (tertiary/aromatic N) is 1. The number of hydrogen-bond donors (Lipinski definition) is 2. The Morgan fingerprint density at radius 3 is 2.71 bits per heavy atom. The lowest BCUT2D eigenvalue weighted by molar-refractivity contribution is 0.181. The van der Waals surface area contributed by atoms with Crippen LogP contribution in [-0.4, -0.2) is 40.4 Å². The molecule has 0 saturated heterocycles. The molecule has 2 N–H and O–H groups in total. The summed E-state index contributed by atoms with van der Waals surface area (Å²) in [6.07, 6.45) is 0.908. The van der Waals surface area contributed by atoms with Gasteiger partial charge < -0.3 is 20.1 Å². The highest BCUT2D eigenvalue weighted by atomic mass is 19.1. The topological polar surface area (TPSA) is 54.9 Å². The molecule has 5 nitrogen and oxygen atoms in total. The van der Waals surface area contributed by atoms with Gasteiger partial charge in [0.1, 0.15) is 5.82 Å². The number of guanidine groups is 1. The molecule has 6 heteroatoms. The van der Waals surface area contributed by atoms with Crippen LogP contribution in [0.1, 0.15) is 17.5 Å². The van der Waals surface area contributed by atoms with E-state index in [-0.39, 0.29) is 12.4 Å². The number of hydrogen-bond acceptors (Lipinski definition) is 3. The Morgan fingerprint density at radius 2 is 2.05 bits per heavy atom. The number of nitrogens with one attached hydrogen (secondary N) is 2. The smallest absolute Gasteiger partial charge is 0.191 e. The van der Waals surface area contributed by atoms with E-state index in [1.165, 1.54) is 6.07 Å². The van der Waals surface area contributed by atoms with Gasteiger partial charge in [-0.3, -0.25) is 4.99 Å². The van der Waals surface area contributed by atoms with Crippen molar-refractivity contribution in [2.75, 3.05) is 34.4 Å². The molecule has 0 aliphatic rings. The molecule has 21 heavy (non-hydrogen) atoms. The van der Waals surface area contributed by atoms with E-state index >= 15 is 0 Å². The molecule has 0 atom stereocenters. The van der Waals surface area contributed by atoms with Crippen LogP contribution in [0.2, 0.25) is 0 Å². The van der Waals surface area contributed by atoms with Crippen molar-refractivity contribution in [3.63, 3.8) is 0 Å². The number of benzene rings is 1. The van der Waals surface area contributed by atoms with Crippen molar-refractivity contribution in [3.05, 3.63) is 35.1 Å². The second-order valence-electron chi connectivity index (χ2n) is 4.56. The van der Waals surface area contributed by atoms with E-state index in [0.29, 0.717) is 24.7 Å². The van der Waals surface area contributed by atoms with Gasteiger partial charge in [0, 0.05) is 46.5 Å². The molecular weight excluding hydrogens is 273 g/mol. The lowest BCUT2D eigenvalue weighted by Crippen LogP contribution is -2.37. The lowest BCUT2D eigenvalue weighted by Gasteiger charge is -2.12. The second-order valence-corrected chi connectivity index (χ2v) is 4.56. The van der Waals surface area contributed by atoms with Gasteiger partial charge in [-0.1, -0.05) is 6.07 Å². The SMILES string of the molecule is CN=C(NCCCOC)NCc1ccc(F)c(COC)c1. The van der Waals surface area contributed by atoms with Crippen LogP contribution < -0.4 is 10.6 Å². The van der Waals surface area contributed by atoms with E-state index in [2.05, 4.69) is 15.6 Å². The summed E-state index contributed by atoms with van der Waals surface area (Å²) in [6.45, 7) is 2.33. The predicted octanol–water partition coefficient (Wildman–Crippen LogP) is 1.67. The van der Waals surface area contributed by atoms with Gasteiger partial charge in [0.05, 0.1) is 6.61 Å². The maximum Gasteiger partial charge on any atom is 0.191 e. The fourth-order valence-corrected chi connectivity index (χ4v) is 1.83. The van der Waals surface area contributed by atoms with Crippen molar-refractivity contribution in [3.8, 4) is 0 Å². The summed E-state index contributed by atoms with van der Waals surface area (Å²) in [6, 6.07) is 5.00. The number of ether oxygens (including phenoxy) is 2. The highest BCUT2D eigenvalue weighted by molar-refractivity contribution is 5.79. The van der Waals surface area contributed by atoms with Gasteiger partial charge in [0.15, 0.2) is 5.96 Å². The lowest BCUT2D eigenvalue weighted by atomic mass is 10.1. The predicted molar refractivity (Wildman–Crippen MR) is 81.8 cm³/mol. The van der Waals surface area contributed by atoms with Crippen molar-refractivity contribution in [1.29, 1.82) is 0 Å². The summed E-state index contributed by atoms with van der Waals surface area (Å²) < 4.78 is 23.5. The Morgan fingerprint density at radius 1 is 1.24 bits per heavy atom. The molecule has 0 aliphatic heterocycles. The molecule has 1 aromatic carbocycles. The zero-order chi connectivity index (χ0) is 15.5. The minimum Gasteiger partial charge on any atom is -0.385 e. The zero-order valence-electron chi connectivity index (χ0n) is 12.9. The monoisotopic (exact) mass is 297 g/mol. The first-order valence-electron chi connectivity index (χ1n) is 6.91. The largest absolute Gasteiger partial charge is 0.385 e. The third kappa shape index (κ3) is 6.55. The van der Waals surface area contributed by atoms with Crippen LogP contribution in [-0.2, 0) is 22.6 Å². The van der Waals surface area contributed by atoms with Gasteiger partial charge in [-0.2, -0.15) is 0 Å². The summed E-state index contributed by atoms with van der Waals surface area (Å²) in [5, 5.41) is 6.37. The van der Waals surface area contributed by atoms with Crippen molar-refractivity contribution >= 4 is 5.96 Å². The fraction of sp³-hybridized carbons (Fsp3) is 0.533. The molecule has 0 aromatic heterocycles. The molecule has 1 rings (SSSR count). The number of aliphatic imine (C=N–C) groups is 1. The molecule has 0 spiro atoms. The Labute approximate surface area is 125 Å². The van der Waals surface area contributed by atoms with Gasteiger partial charge in [-0.15, -0.1) is 0 Å². The molecule has 0 radical (unpaired) electrons. The van der Waals surface area contributed by atoms with Crippen LogP contribution in [0.4, 0.5) is 4.39 Å². The Hall–Kier alpha value is -1.66. The maximum atomic E-state index is 13.5. The summed E-state index contributed by atoms with van der Waals surface area (Å²) >= 11 is 0. The first-order chi connectivity index (χ1) is 10.2. The molecule has 1 aromatic rings. The minimum atomic E-state index is -0.248. The minimum absolute atomic E-state index is 0.248. The number of methoxy groups -OCH3 is 2. The van der Waals surface area contributed by atoms with Gasteiger partial charge in [-0.05, 0) is 24.1 Å². The molecule has 118 valence electrons. The van der Waals surface area contributed by atoms with Crippen LogP contribution in [0, 0.1) is 5.82 Å². The molecular formula is C15H24FN3O2. The second kappa shape index (κ2) is 10.1. The average molecular weight is 297 g/mol. The average Bonchev–Trinajstić information content (AvgIpc) is 2.50. The molecule has 0 saturated carbocycles. The van der Waals surface area contributed by atoms with Crippen LogP contribution in [0.25, 0.3) is 0 Å². The van der Waals surface area contributed by atoms with Gasteiger partial charge in [0.25, 0.3) is 0 Å². The summed E-state index contributed by atoms with van der Waals surface area (Å²) in [5.41, 5.74) is 1.53. The fourth-order valence-electron chi connectivity index (χ4n) is 1.83. The van der Waals surface area contributed by atoms with Crippen LogP contribution in [0.5, 0.6) is 0 Å². The molecule has 0 unspecified atom stereocenters. The van der Waals surface area contributed by atoms with E-state index < -0.39 is 0 Å². The number of halogens is 1. The first-order valence-corrected chi connectivity index (χ1v) is 6.91. The van der Waals surface area contributed by atoms with E-state index in [4.69, 9.17) is 9.47 Å². The number of rotatable bonds is 8. The Kier molecular flexibility index (Phi) is 8.38. The normalized spacial score (nSPS) is 11.5. The standard InChI is InChI=1S/C15H24FN3O2/c1-17-15(18-7-4-8-20-2)19-10-12-5-6-14(16)13(9-12)11-21-3/h5-6,9H,4,7-8,10-11H2,1-3H3,(H2,17,18,19). The van der Waals surface area contributed by atoms with Crippen molar-refractivity contribution in [1.82, 2.24) is 10.6 Å². The highest BCUT2D eigenvalue weighted by Crippen LogP contribution is 2.11. The summed E-state index contributed by atoms with van der Waals surface area (Å²) in [4.78, 5) is 4.13. The molecule has 0 aliphatic carbocycles. The van der Waals surface area contributed by atoms with Gasteiger partial charge >= 0.3 is 0 Å². The maximum absolute atomic E-state index is 13.5. The quantitative estimate of drug-likeness (QED) is 0.435. The third-order valence-corrected chi connectivity index (χ3v) is 2.91. The first kappa shape index (κ1) is 17.4.